The topological polar surface area (TPSA) is 89.3 Å². The van der Waals surface area contributed by atoms with Crippen molar-refractivity contribution >= 4 is 22.6 Å². The molecule has 0 spiro atoms. The summed E-state index contributed by atoms with van der Waals surface area (Å²) in [6.07, 6.45) is 0. The first-order valence-corrected chi connectivity index (χ1v) is 7.86. The van der Waals surface area contributed by atoms with Crippen LogP contribution in [0, 0.1) is 11.3 Å². The minimum absolute atomic E-state index is 0.0348. The highest BCUT2D eigenvalue weighted by Gasteiger charge is 2.33. The van der Waals surface area contributed by atoms with Crippen molar-refractivity contribution in [3.8, 4) is 11.8 Å². The van der Waals surface area contributed by atoms with Crippen molar-refractivity contribution in [2.75, 3.05) is 0 Å². The van der Waals surface area contributed by atoms with Gasteiger partial charge in [-0.15, -0.1) is 0 Å². The molecule has 2 aromatic carbocycles. The second kappa shape index (κ2) is 5.69. The number of rotatable bonds is 1. The van der Waals surface area contributed by atoms with Gasteiger partial charge < -0.3 is 14.9 Å². The molecule has 0 saturated heterocycles. The number of fused-ring (bicyclic) bond motifs is 3. The van der Waals surface area contributed by atoms with Crippen molar-refractivity contribution in [1.29, 1.82) is 5.26 Å². The van der Waals surface area contributed by atoms with Crippen molar-refractivity contribution in [2.24, 2.45) is 5.73 Å². The summed E-state index contributed by atoms with van der Waals surface area (Å²) < 4.78 is 11.0. The van der Waals surface area contributed by atoms with Gasteiger partial charge in [0.15, 0.2) is 0 Å². The SMILES string of the molecule is N#CC1=C(N)Oc2ccc3ccc(=O)oc3c2[C@@H]1c1ccc(Cl)cc1. The Labute approximate surface area is 147 Å². The van der Waals surface area contributed by atoms with Gasteiger partial charge in [-0.1, -0.05) is 23.7 Å². The quantitative estimate of drug-likeness (QED) is 0.676. The van der Waals surface area contributed by atoms with Gasteiger partial charge in [0.25, 0.3) is 0 Å². The van der Waals surface area contributed by atoms with Crippen LogP contribution in [0.15, 0.2) is 69.2 Å². The molecule has 0 unspecified atom stereocenters. The molecular weight excluding hydrogens is 340 g/mol. The van der Waals surface area contributed by atoms with Crippen LogP contribution >= 0.6 is 11.6 Å². The molecule has 1 aliphatic heterocycles. The number of nitrogens with two attached hydrogens (primary N) is 1. The Balaban J connectivity index is 2.08. The highest BCUT2D eigenvalue weighted by Crippen LogP contribution is 2.45. The second-order valence-corrected chi connectivity index (χ2v) is 6.06. The molecule has 122 valence electrons. The van der Waals surface area contributed by atoms with Gasteiger partial charge in [-0.3, -0.25) is 0 Å². The van der Waals surface area contributed by atoms with E-state index in [-0.39, 0.29) is 11.5 Å². The summed E-state index contributed by atoms with van der Waals surface area (Å²) in [7, 11) is 0. The summed E-state index contributed by atoms with van der Waals surface area (Å²) >= 11 is 5.98. The summed E-state index contributed by atoms with van der Waals surface area (Å²) in [5.74, 6) is -0.0221. The molecule has 1 atom stereocenters. The predicted octanol–water partition coefficient (Wildman–Crippen LogP) is 3.66. The number of halogens is 1. The van der Waals surface area contributed by atoms with Crippen LogP contribution < -0.4 is 16.1 Å². The third-order valence-electron chi connectivity index (χ3n) is 4.17. The lowest BCUT2D eigenvalue weighted by Crippen LogP contribution is -2.21. The molecular formula is C19H11ClN2O3. The molecule has 0 radical (unpaired) electrons. The van der Waals surface area contributed by atoms with E-state index in [4.69, 9.17) is 26.5 Å². The van der Waals surface area contributed by atoms with E-state index in [0.29, 0.717) is 21.9 Å². The number of hydrogen-bond donors (Lipinski definition) is 1. The number of ether oxygens (including phenoxy) is 1. The van der Waals surface area contributed by atoms with Crippen LogP contribution in [-0.4, -0.2) is 0 Å². The lowest BCUT2D eigenvalue weighted by atomic mass is 9.83. The Bertz CT molecular complexity index is 1120. The predicted molar refractivity (Wildman–Crippen MR) is 93.2 cm³/mol. The monoisotopic (exact) mass is 350 g/mol. The zero-order chi connectivity index (χ0) is 17.6. The molecule has 0 amide bonds. The molecule has 3 aromatic rings. The highest BCUT2D eigenvalue weighted by molar-refractivity contribution is 6.30. The summed E-state index contributed by atoms with van der Waals surface area (Å²) in [5.41, 5.74) is 7.51. The molecule has 0 saturated carbocycles. The third kappa shape index (κ3) is 2.44. The lowest BCUT2D eigenvalue weighted by Gasteiger charge is -2.26. The molecule has 4 rings (SSSR count). The van der Waals surface area contributed by atoms with E-state index in [0.717, 1.165) is 10.9 Å². The van der Waals surface area contributed by atoms with Crippen molar-refractivity contribution in [2.45, 2.75) is 5.92 Å². The van der Waals surface area contributed by atoms with E-state index >= 15 is 0 Å². The first kappa shape index (κ1) is 15.3. The van der Waals surface area contributed by atoms with Gasteiger partial charge in [0.2, 0.25) is 5.88 Å². The van der Waals surface area contributed by atoms with Crippen LogP contribution in [0.4, 0.5) is 0 Å². The number of allylic oxidation sites excluding steroid dienone is 1. The summed E-state index contributed by atoms with van der Waals surface area (Å²) in [6.45, 7) is 0. The number of nitriles is 1. The van der Waals surface area contributed by atoms with E-state index in [1.807, 2.05) is 12.1 Å². The first-order valence-electron chi connectivity index (χ1n) is 7.48. The molecule has 1 aromatic heterocycles. The Morgan fingerprint density at radius 2 is 1.80 bits per heavy atom. The first-order chi connectivity index (χ1) is 12.1. The maximum atomic E-state index is 11.7. The van der Waals surface area contributed by atoms with E-state index < -0.39 is 11.5 Å². The van der Waals surface area contributed by atoms with Gasteiger partial charge in [-0.05, 0) is 35.9 Å². The summed E-state index contributed by atoms with van der Waals surface area (Å²) in [5, 5.41) is 10.9. The standard InChI is InChI=1S/C19H11ClN2O3/c20-12-5-1-10(2-6-12)16-13(9-21)19(22)24-14-7-3-11-4-8-15(23)25-18(11)17(14)16/h1-8,16H,22H2/t16-/m1/s1. The summed E-state index contributed by atoms with van der Waals surface area (Å²) in [4.78, 5) is 11.7. The summed E-state index contributed by atoms with van der Waals surface area (Å²) in [6, 6.07) is 15.8. The Morgan fingerprint density at radius 3 is 2.52 bits per heavy atom. The van der Waals surface area contributed by atoms with Gasteiger partial charge >= 0.3 is 5.63 Å². The second-order valence-electron chi connectivity index (χ2n) is 5.63. The minimum atomic E-state index is -0.514. The zero-order valence-corrected chi connectivity index (χ0v) is 13.6. The van der Waals surface area contributed by atoms with E-state index in [1.54, 1.807) is 30.3 Å². The van der Waals surface area contributed by atoms with Crippen LogP contribution in [0.3, 0.4) is 0 Å². The smallest absolute Gasteiger partial charge is 0.336 e. The maximum absolute atomic E-state index is 11.7. The lowest BCUT2D eigenvalue weighted by molar-refractivity contribution is 0.392. The average Bonchev–Trinajstić information content (AvgIpc) is 2.61. The fourth-order valence-corrected chi connectivity index (χ4v) is 3.19. The van der Waals surface area contributed by atoms with Crippen LogP contribution in [0.5, 0.6) is 5.75 Å². The molecule has 5 nitrogen and oxygen atoms in total. The van der Waals surface area contributed by atoms with Crippen LogP contribution in [0.25, 0.3) is 11.0 Å². The van der Waals surface area contributed by atoms with Gasteiger partial charge in [0, 0.05) is 16.5 Å². The molecule has 25 heavy (non-hydrogen) atoms. The van der Waals surface area contributed by atoms with Crippen LogP contribution in [-0.2, 0) is 0 Å². The van der Waals surface area contributed by atoms with Gasteiger partial charge in [0.1, 0.15) is 23.0 Å². The Kier molecular flexibility index (Phi) is 3.48. The van der Waals surface area contributed by atoms with Crippen LogP contribution in [0.1, 0.15) is 17.0 Å². The molecule has 1 aliphatic rings. The van der Waals surface area contributed by atoms with E-state index in [9.17, 15) is 10.1 Å². The van der Waals surface area contributed by atoms with Gasteiger partial charge in [0.05, 0.1) is 11.5 Å². The van der Waals surface area contributed by atoms with Crippen LogP contribution in [0.2, 0.25) is 5.02 Å². The van der Waals surface area contributed by atoms with Crippen molar-refractivity contribution in [1.82, 2.24) is 0 Å². The zero-order valence-electron chi connectivity index (χ0n) is 12.8. The average molecular weight is 351 g/mol. The minimum Gasteiger partial charge on any atom is -0.440 e. The Hall–Kier alpha value is -3.23. The van der Waals surface area contributed by atoms with Gasteiger partial charge in [-0.2, -0.15) is 5.26 Å². The van der Waals surface area contributed by atoms with E-state index in [1.165, 1.54) is 6.07 Å². The molecule has 6 heteroatoms. The van der Waals surface area contributed by atoms with Crippen molar-refractivity contribution < 1.29 is 9.15 Å². The normalized spacial score (nSPS) is 16.2. The highest BCUT2D eigenvalue weighted by atomic mass is 35.5. The van der Waals surface area contributed by atoms with Crippen molar-refractivity contribution in [3.05, 3.63) is 86.6 Å². The fraction of sp³-hybridized carbons (Fsp3) is 0.0526. The Morgan fingerprint density at radius 1 is 1.08 bits per heavy atom. The largest absolute Gasteiger partial charge is 0.440 e. The van der Waals surface area contributed by atoms with Gasteiger partial charge in [-0.25, -0.2) is 4.79 Å². The molecule has 2 N–H and O–H groups in total. The third-order valence-corrected chi connectivity index (χ3v) is 4.43. The maximum Gasteiger partial charge on any atom is 0.336 e. The number of hydrogen-bond acceptors (Lipinski definition) is 5. The fourth-order valence-electron chi connectivity index (χ4n) is 3.07. The van der Waals surface area contributed by atoms with Crippen molar-refractivity contribution in [3.63, 3.8) is 0 Å². The number of benzene rings is 2. The molecule has 2 heterocycles. The molecule has 0 fully saturated rings. The molecule has 0 aliphatic carbocycles. The number of nitrogens with zero attached hydrogens (tertiary/aromatic N) is 1. The van der Waals surface area contributed by atoms with E-state index in [2.05, 4.69) is 6.07 Å². The molecule has 0 bridgehead atoms.